The SMILES string of the molecule is COc1ccc(-c2cc(C(=O)NCC(N)C3CC3)c3ccccc3n2)cc1.Cl.Cl. The van der Waals surface area contributed by atoms with Crippen LogP contribution in [0.4, 0.5) is 0 Å². The number of nitrogens with one attached hydrogen (secondary N) is 1. The molecular weight excluding hydrogens is 409 g/mol. The quantitative estimate of drug-likeness (QED) is 0.609. The van der Waals surface area contributed by atoms with Crippen molar-refractivity contribution in [2.75, 3.05) is 13.7 Å². The second-order valence-electron chi connectivity index (χ2n) is 7.01. The summed E-state index contributed by atoms with van der Waals surface area (Å²) in [7, 11) is 1.64. The van der Waals surface area contributed by atoms with Gasteiger partial charge in [-0.1, -0.05) is 18.2 Å². The van der Waals surface area contributed by atoms with Crippen molar-refractivity contribution in [1.82, 2.24) is 10.3 Å². The highest BCUT2D eigenvalue weighted by atomic mass is 35.5. The van der Waals surface area contributed by atoms with Crippen LogP contribution in [0, 0.1) is 5.92 Å². The number of hydrogen-bond donors (Lipinski definition) is 2. The topological polar surface area (TPSA) is 77.2 Å². The first-order valence-corrected chi connectivity index (χ1v) is 9.23. The molecule has 0 saturated heterocycles. The van der Waals surface area contributed by atoms with Crippen LogP contribution in [-0.2, 0) is 0 Å². The van der Waals surface area contributed by atoms with Crippen LogP contribution in [0.5, 0.6) is 5.75 Å². The fourth-order valence-electron chi connectivity index (χ4n) is 3.27. The van der Waals surface area contributed by atoms with Gasteiger partial charge in [0.05, 0.1) is 23.9 Å². The first-order chi connectivity index (χ1) is 13.2. The number of carbonyl (C=O) groups is 1. The normalized spacial score (nSPS) is 13.7. The summed E-state index contributed by atoms with van der Waals surface area (Å²) >= 11 is 0. The molecular formula is C22H25Cl2N3O2. The summed E-state index contributed by atoms with van der Waals surface area (Å²) in [5.74, 6) is 1.22. The molecule has 1 aliphatic carbocycles. The zero-order valence-corrected chi connectivity index (χ0v) is 17.8. The van der Waals surface area contributed by atoms with E-state index in [1.54, 1.807) is 7.11 Å². The lowest BCUT2D eigenvalue weighted by Gasteiger charge is -2.14. The van der Waals surface area contributed by atoms with Crippen LogP contribution in [0.1, 0.15) is 23.2 Å². The number of fused-ring (bicyclic) bond motifs is 1. The molecule has 1 atom stereocenters. The number of carbonyl (C=O) groups excluding carboxylic acids is 1. The molecule has 1 saturated carbocycles. The highest BCUT2D eigenvalue weighted by molar-refractivity contribution is 6.07. The van der Waals surface area contributed by atoms with Crippen molar-refractivity contribution in [1.29, 1.82) is 0 Å². The molecule has 154 valence electrons. The van der Waals surface area contributed by atoms with Gasteiger partial charge in [-0.05, 0) is 55.2 Å². The van der Waals surface area contributed by atoms with E-state index in [9.17, 15) is 4.79 Å². The lowest BCUT2D eigenvalue weighted by atomic mass is 10.0. The number of ether oxygens (including phenoxy) is 1. The van der Waals surface area contributed by atoms with Gasteiger partial charge in [0.25, 0.3) is 5.91 Å². The molecule has 1 aliphatic rings. The van der Waals surface area contributed by atoms with Gasteiger partial charge in [-0.15, -0.1) is 24.8 Å². The number of para-hydroxylation sites is 1. The summed E-state index contributed by atoms with van der Waals surface area (Å²) in [6.07, 6.45) is 2.33. The highest BCUT2D eigenvalue weighted by Crippen LogP contribution is 2.31. The maximum Gasteiger partial charge on any atom is 0.252 e. The Morgan fingerprint density at radius 1 is 1.17 bits per heavy atom. The molecule has 0 spiro atoms. The minimum Gasteiger partial charge on any atom is -0.497 e. The second kappa shape index (κ2) is 9.92. The van der Waals surface area contributed by atoms with Gasteiger partial charge in [0.2, 0.25) is 0 Å². The molecule has 4 rings (SSSR count). The summed E-state index contributed by atoms with van der Waals surface area (Å²) < 4.78 is 5.22. The van der Waals surface area contributed by atoms with Crippen molar-refractivity contribution >= 4 is 41.6 Å². The maximum absolute atomic E-state index is 12.9. The number of methoxy groups -OCH3 is 1. The van der Waals surface area contributed by atoms with Crippen LogP contribution in [0.25, 0.3) is 22.2 Å². The average molecular weight is 434 g/mol. The van der Waals surface area contributed by atoms with Gasteiger partial charge in [0.15, 0.2) is 0 Å². The number of amides is 1. The molecule has 0 aliphatic heterocycles. The van der Waals surface area contributed by atoms with E-state index >= 15 is 0 Å². The second-order valence-corrected chi connectivity index (χ2v) is 7.01. The zero-order chi connectivity index (χ0) is 18.8. The predicted octanol–water partition coefficient (Wildman–Crippen LogP) is 4.22. The fourth-order valence-corrected chi connectivity index (χ4v) is 3.27. The molecule has 1 fully saturated rings. The maximum atomic E-state index is 12.9. The minimum absolute atomic E-state index is 0. The Hall–Kier alpha value is -2.34. The van der Waals surface area contributed by atoms with E-state index < -0.39 is 0 Å². The Labute approximate surface area is 182 Å². The smallest absolute Gasteiger partial charge is 0.252 e. The van der Waals surface area contributed by atoms with E-state index in [-0.39, 0.29) is 36.8 Å². The van der Waals surface area contributed by atoms with E-state index in [1.165, 1.54) is 0 Å². The van der Waals surface area contributed by atoms with Gasteiger partial charge in [0.1, 0.15) is 5.75 Å². The Bertz CT molecular complexity index is 975. The molecule has 1 amide bonds. The van der Waals surface area contributed by atoms with Crippen LogP contribution >= 0.6 is 24.8 Å². The van der Waals surface area contributed by atoms with Crippen LogP contribution in [0.3, 0.4) is 0 Å². The molecule has 3 N–H and O–H groups in total. The number of pyridine rings is 1. The molecule has 3 aromatic rings. The number of aromatic nitrogens is 1. The van der Waals surface area contributed by atoms with Gasteiger partial charge >= 0.3 is 0 Å². The third-order valence-corrected chi connectivity index (χ3v) is 5.07. The Kier molecular flexibility index (Phi) is 7.85. The van der Waals surface area contributed by atoms with Crippen molar-refractivity contribution < 1.29 is 9.53 Å². The number of nitrogens with two attached hydrogens (primary N) is 1. The number of rotatable bonds is 6. The van der Waals surface area contributed by atoms with Gasteiger partial charge in [-0.3, -0.25) is 4.79 Å². The van der Waals surface area contributed by atoms with Crippen LogP contribution in [0.2, 0.25) is 0 Å². The summed E-state index contributed by atoms with van der Waals surface area (Å²) in [5, 5.41) is 3.84. The van der Waals surface area contributed by atoms with Crippen LogP contribution in [-0.4, -0.2) is 30.6 Å². The summed E-state index contributed by atoms with van der Waals surface area (Å²) in [6, 6.07) is 17.3. The van der Waals surface area contributed by atoms with Gasteiger partial charge < -0.3 is 15.8 Å². The van der Waals surface area contributed by atoms with Gasteiger partial charge in [-0.2, -0.15) is 0 Å². The van der Waals surface area contributed by atoms with E-state index in [0.29, 0.717) is 18.0 Å². The molecule has 1 aromatic heterocycles. The van der Waals surface area contributed by atoms with Crippen molar-refractivity contribution in [3.63, 3.8) is 0 Å². The summed E-state index contributed by atoms with van der Waals surface area (Å²) in [6.45, 7) is 0.498. The Morgan fingerprint density at radius 3 is 2.52 bits per heavy atom. The van der Waals surface area contributed by atoms with E-state index in [1.807, 2.05) is 54.6 Å². The molecule has 1 unspecified atom stereocenters. The van der Waals surface area contributed by atoms with Crippen molar-refractivity contribution in [3.8, 4) is 17.0 Å². The largest absolute Gasteiger partial charge is 0.497 e. The molecule has 7 heteroatoms. The van der Waals surface area contributed by atoms with Gasteiger partial charge in [0, 0.05) is 23.5 Å². The van der Waals surface area contributed by atoms with Crippen molar-refractivity contribution in [3.05, 3.63) is 60.2 Å². The molecule has 2 aromatic carbocycles. The van der Waals surface area contributed by atoms with Crippen LogP contribution < -0.4 is 15.8 Å². The average Bonchev–Trinajstić information content (AvgIpc) is 3.56. The summed E-state index contributed by atoms with van der Waals surface area (Å²) in [4.78, 5) is 17.6. The molecule has 0 bridgehead atoms. The molecule has 29 heavy (non-hydrogen) atoms. The lowest BCUT2D eigenvalue weighted by Crippen LogP contribution is -2.38. The number of hydrogen-bond acceptors (Lipinski definition) is 4. The Morgan fingerprint density at radius 2 is 1.86 bits per heavy atom. The predicted molar refractivity (Wildman–Crippen MR) is 121 cm³/mol. The monoisotopic (exact) mass is 433 g/mol. The third-order valence-electron chi connectivity index (χ3n) is 5.07. The molecule has 1 heterocycles. The van der Waals surface area contributed by atoms with Crippen molar-refractivity contribution in [2.45, 2.75) is 18.9 Å². The lowest BCUT2D eigenvalue weighted by molar-refractivity contribution is 0.0952. The third kappa shape index (κ3) is 5.18. The Balaban J connectivity index is 0.00000150. The number of halogens is 2. The molecule has 0 radical (unpaired) electrons. The molecule has 5 nitrogen and oxygen atoms in total. The number of benzene rings is 2. The standard InChI is InChI=1S/C22H23N3O2.2ClH/c1-27-16-10-8-15(9-11-16)21-12-18(17-4-2-3-5-20(17)25-21)22(26)24-13-19(23)14-6-7-14;;/h2-5,8-12,14,19H,6-7,13,23H2,1H3,(H,24,26);2*1H. The zero-order valence-electron chi connectivity index (χ0n) is 16.1. The van der Waals surface area contributed by atoms with Crippen molar-refractivity contribution in [2.24, 2.45) is 11.7 Å². The highest BCUT2D eigenvalue weighted by Gasteiger charge is 2.28. The fraction of sp³-hybridized carbons (Fsp3) is 0.273. The first-order valence-electron chi connectivity index (χ1n) is 9.23. The minimum atomic E-state index is -0.112. The summed E-state index contributed by atoms with van der Waals surface area (Å²) in [5.41, 5.74) is 9.23. The first kappa shape index (κ1) is 22.9. The van der Waals surface area contributed by atoms with Crippen LogP contribution in [0.15, 0.2) is 54.6 Å². The van der Waals surface area contributed by atoms with E-state index in [0.717, 1.165) is 40.8 Å². The van der Waals surface area contributed by atoms with E-state index in [4.69, 9.17) is 15.5 Å². The van der Waals surface area contributed by atoms with Gasteiger partial charge in [-0.25, -0.2) is 4.98 Å². The number of nitrogens with zero attached hydrogens (tertiary/aromatic N) is 1. The van der Waals surface area contributed by atoms with E-state index in [2.05, 4.69) is 5.32 Å².